The quantitative estimate of drug-likeness (QED) is 0.350. The number of carbonyl (C=O) groups excluding carboxylic acids is 2. The minimum atomic E-state index is -0.721. The molecule has 1 amide bonds. The van der Waals surface area contributed by atoms with Crippen LogP contribution in [-0.4, -0.2) is 48.8 Å². The lowest BCUT2D eigenvalue weighted by Gasteiger charge is -2.25. The Morgan fingerprint density at radius 1 is 1.14 bits per heavy atom. The van der Waals surface area contributed by atoms with E-state index in [1.165, 1.54) is 4.90 Å². The number of aliphatic hydroxyl groups is 1. The zero-order valence-electron chi connectivity index (χ0n) is 16.0. The number of nitrogens with zero attached hydrogens (tertiary/aromatic N) is 1. The highest BCUT2D eigenvalue weighted by Crippen LogP contribution is 2.42. The average molecular weight is 395 g/mol. The van der Waals surface area contributed by atoms with Gasteiger partial charge in [0.05, 0.1) is 11.6 Å². The van der Waals surface area contributed by atoms with Crippen molar-refractivity contribution in [3.05, 3.63) is 65.2 Å². The van der Waals surface area contributed by atoms with E-state index in [0.29, 0.717) is 42.2 Å². The summed E-state index contributed by atoms with van der Waals surface area (Å²) in [7, 11) is 1.58. The van der Waals surface area contributed by atoms with Crippen LogP contribution >= 0.6 is 0 Å². The van der Waals surface area contributed by atoms with Gasteiger partial charge in [-0.25, -0.2) is 0 Å². The zero-order valence-corrected chi connectivity index (χ0v) is 16.0. The van der Waals surface area contributed by atoms with Crippen LogP contribution in [0.15, 0.2) is 54.1 Å². The van der Waals surface area contributed by atoms with Gasteiger partial charge in [-0.2, -0.15) is 0 Å². The fourth-order valence-corrected chi connectivity index (χ4v) is 3.67. The van der Waals surface area contributed by atoms with E-state index >= 15 is 0 Å². The zero-order chi connectivity index (χ0) is 20.4. The molecule has 1 fully saturated rings. The van der Waals surface area contributed by atoms with Crippen molar-refractivity contribution in [1.29, 1.82) is 0 Å². The molecule has 1 unspecified atom stereocenters. The monoisotopic (exact) mass is 395 g/mol. The van der Waals surface area contributed by atoms with Crippen molar-refractivity contribution in [2.75, 3.05) is 27.1 Å². The number of methoxy groups -OCH3 is 1. The van der Waals surface area contributed by atoms with E-state index in [9.17, 15) is 14.7 Å². The van der Waals surface area contributed by atoms with Gasteiger partial charge in [0.25, 0.3) is 11.7 Å². The van der Waals surface area contributed by atoms with Crippen LogP contribution in [-0.2, 0) is 14.3 Å². The van der Waals surface area contributed by atoms with Crippen LogP contribution in [0.25, 0.3) is 5.76 Å². The largest absolute Gasteiger partial charge is 0.507 e. The normalized spacial score (nSPS) is 19.8. The number of ether oxygens (including phenoxy) is 3. The first-order valence-corrected chi connectivity index (χ1v) is 9.34. The van der Waals surface area contributed by atoms with Crippen LogP contribution in [0.1, 0.15) is 23.6 Å². The average Bonchev–Trinajstić information content (AvgIpc) is 3.31. The number of Topliss-reactive ketones (excluding diaryl/α,β-unsaturated/α-hetero) is 1. The Bertz CT molecular complexity index is 969. The van der Waals surface area contributed by atoms with E-state index in [1.54, 1.807) is 49.6 Å². The number of likely N-dealkylation sites (tertiary alicyclic amines) is 1. The maximum atomic E-state index is 12.9. The topological polar surface area (TPSA) is 85.3 Å². The lowest BCUT2D eigenvalue weighted by Crippen LogP contribution is -2.31. The van der Waals surface area contributed by atoms with Gasteiger partial charge in [-0.15, -0.1) is 0 Å². The summed E-state index contributed by atoms with van der Waals surface area (Å²) >= 11 is 0. The van der Waals surface area contributed by atoms with Crippen molar-refractivity contribution < 1.29 is 28.9 Å². The van der Waals surface area contributed by atoms with Gasteiger partial charge < -0.3 is 24.2 Å². The number of rotatable bonds is 6. The Hall–Kier alpha value is -3.32. The highest BCUT2D eigenvalue weighted by molar-refractivity contribution is 6.46. The van der Waals surface area contributed by atoms with E-state index in [4.69, 9.17) is 14.2 Å². The van der Waals surface area contributed by atoms with Crippen molar-refractivity contribution in [3.63, 3.8) is 0 Å². The Balaban J connectivity index is 1.81. The molecule has 29 heavy (non-hydrogen) atoms. The number of aliphatic hydroxyl groups excluding tert-OH is 1. The van der Waals surface area contributed by atoms with Gasteiger partial charge in [-0.05, 0) is 24.1 Å². The first-order valence-electron chi connectivity index (χ1n) is 9.34. The molecule has 0 saturated carbocycles. The van der Waals surface area contributed by atoms with Crippen molar-refractivity contribution in [2.24, 2.45) is 0 Å². The van der Waals surface area contributed by atoms with Gasteiger partial charge in [0.1, 0.15) is 5.76 Å². The smallest absolute Gasteiger partial charge is 0.295 e. The van der Waals surface area contributed by atoms with Crippen LogP contribution < -0.4 is 9.47 Å². The van der Waals surface area contributed by atoms with Gasteiger partial charge in [0.15, 0.2) is 11.5 Å². The van der Waals surface area contributed by atoms with E-state index in [2.05, 4.69) is 0 Å². The standard InChI is InChI=1S/C22H21NO6/c1-27-11-5-10-23-19(15-8-9-16-17(12-15)29-13-28-16)18(21(25)22(23)26)20(24)14-6-3-2-4-7-14/h2-4,6-9,12,19,24H,5,10-11,13H2,1H3. The number of amides is 1. The maximum absolute atomic E-state index is 12.9. The molecule has 2 heterocycles. The third kappa shape index (κ3) is 3.45. The predicted octanol–water partition coefficient (Wildman–Crippen LogP) is 2.87. The van der Waals surface area contributed by atoms with Crippen LogP contribution in [0.3, 0.4) is 0 Å². The Morgan fingerprint density at radius 2 is 1.90 bits per heavy atom. The summed E-state index contributed by atoms with van der Waals surface area (Å²) in [5, 5.41) is 10.9. The molecule has 1 atom stereocenters. The molecule has 2 aromatic carbocycles. The summed E-state index contributed by atoms with van der Waals surface area (Å²) in [5.41, 5.74) is 1.22. The molecule has 2 aromatic rings. The SMILES string of the molecule is COCCCN1C(=O)C(=O)C(=C(O)c2ccccc2)C1c1ccc2c(c1)OCO2. The van der Waals surface area contributed by atoms with Gasteiger partial charge in [-0.3, -0.25) is 9.59 Å². The number of benzene rings is 2. The van der Waals surface area contributed by atoms with E-state index < -0.39 is 17.7 Å². The third-order valence-corrected chi connectivity index (χ3v) is 5.05. The van der Waals surface area contributed by atoms with Gasteiger partial charge in [0.2, 0.25) is 6.79 Å². The third-order valence-electron chi connectivity index (χ3n) is 5.05. The first-order chi connectivity index (χ1) is 14.1. The molecular weight excluding hydrogens is 374 g/mol. The van der Waals surface area contributed by atoms with Crippen molar-refractivity contribution in [1.82, 2.24) is 4.90 Å². The lowest BCUT2D eigenvalue weighted by molar-refractivity contribution is -0.140. The second-order valence-corrected chi connectivity index (χ2v) is 6.82. The molecule has 7 heteroatoms. The number of fused-ring (bicyclic) bond motifs is 1. The first kappa shape index (κ1) is 19.0. The fourth-order valence-electron chi connectivity index (χ4n) is 3.67. The summed E-state index contributed by atoms with van der Waals surface area (Å²) in [4.78, 5) is 27.2. The summed E-state index contributed by atoms with van der Waals surface area (Å²) in [6, 6.07) is 13.3. The molecule has 0 radical (unpaired) electrons. The molecule has 4 rings (SSSR count). The Labute approximate surface area is 168 Å². The maximum Gasteiger partial charge on any atom is 0.295 e. The van der Waals surface area contributed by atoms with Gasteiger partial charge in [0, 0.05) is 25.8 Å². The second-order valence-electron chi connectivity index (χ2n) is 6.82. The molecular formula is C22H21NO6. The summed E-state index contributed by atoms with van der Waals surface area (Å²) in [6.07, 6.45) is 0.565. The lowest BCUT2D eigenvalue weighted by atomic mass is 9.95. The molecule has 1 saturated heterocycles. The minimum Gasteiger partial charge on any atom is -0.507 e. The molecule has 0 bridgehead atoms. The molecule has 0 aromatic heterocycles. The Kier molecular flexibility index (Phi) is 5.22. The number of hydrogen-bond acceptors (Lipinski definition) is 6. The van der Waals surface area contributed by atoms with Crippen LogP contribution in [0.4, 0.5) is 0 Å². The van der Waals surface area contributed by atoms with Crippen LogP contribution in [0, 0.1) is 0 Å². The van der Waals surface area contributed by atoms with Crippen molar-refractivity contribution >= 4 is 17.4 Å². The van der Waals surface area contributed by atoms with Crippen molar-refractivity contribution in [2.45, 2.75) is 12.5 Å². The van der Waals surface area contributed by atoms with E-state index in [-0.39, 0.29) is 18.1 Å². The Morgan fingerprint density at radius 3 is 2.66 bits per heavy atom. The number of ketones is 1. The molecule has 0 spiro atoms. The van der Waals surface area contributed by atoms with Gasteiger partial charge in [-0.1, -0.05) is 36.4 Å². The summed E-state index contributed by atoms with van der Waals surface area (Å²) in [5.74, 6) is -0.383. The van der Waals surface area contributed by atoms with Gasteiger partial charge >= 0.3 is 0 Å². The highest BCUT2D eigenvalue weighted by atomic mass is 16.7. The fraction of sp³-hybridized carbons (Fsp3) is 0.273. The molecule has 0 aliphatic carbocycles. The van der Waals surface area contributed by atoms with E-state index in [0.717, 1.165) is 0 Å². The van der Waals surface area contributed by atoms with Crippen LogP contribution in [0.2, 0.25) is 0 Å². The molecule has 2 aliphatic rings. The molecule has 150 valence electrons. The molecule has 2 aliphatic heterocycles. The van der Waals surface area contributed by atoms with Crippen LogP contribution in [0.5, 0.6) is 11.5 Å². The second kappa shape index (κ2) is 7.97. The molecule has 1 N–H and O–H groups in total. The number of hydrogen-bond donors (Lipinski definition) is 1. The summed E-state index contributed by atoms with van der Waals surface area (Å²) < 4.78 is 15.9. The van der Waals surface area contributed by atoms with Crippen molar-refractivity contribution in [3.8, 4) is 11.5 Å². The summed E-state index contributed by atoms with van der Waals surface area (Å²) in [6.45, 7) is 0.898. The van der Waals surface area contributed by atoms with E-state index in [1.807, 2.05) is 6.07 Å². The minimum absolute atomic E-state index is 0.0671. The molecule has 7 nitrogen and oxygen atoms in total. The number of carbonyl (C=O) groups is 2. The predicted molar refractivity (Wildman–Crippen MR) is 105 cm³/mol. The highest BCUT2D eigenvalue weighted by Gasteiger charge is 2.46.